The first-order chi connectivity index (χ1) is 8.25. The van der Waals surface area contributed by atoms with Gasteiger partial charge in [-0.3, -0.25) is 0 Å². The lowest BCUT2D eigenvalue weighted by Gasteiger charge is -2.19. The second-order valence-electron chi connectivity index (χ2n) is 5.25. The lowest BCUT2D eigenvalue weighted by molar-refractivity contribution is 0.392. The number of hydrogen-bond donors (Lipinski definition) is 1. The van der Waals surface area contributed by atoms with Crippen molar-refractivity contribution in [3.8, 4) is 0 Å². The minimum Gasteiger partial charge on any atom is -0.324 e. The zero-order chi connectivity index (χ0) is 12.1. The Hall–Kier alpha value is -0.890. The smallest absolute Gasteiger partial charge is 0.123 e. The van der Waals surface area contributed by atoms with Crippen molar-refractivity contribution in [3.63, 3.8) is 0 Å². The van der Waals surface area contributed by atoms with Crippen molar-refractivity contribution in [2.45, 2.75) is 51.0 Å². The minimum atomic E-state index is -0.182. The third-order valence-electron chi connectivity index (χ3n) is 3.84. The Balaban J connectivity index is 1.93. The van der Waals surface area contributed by atoms with Gasteiger partial charge in [-0.25, -0.2) is 4.39 Å². The van der Waals surface area contributed by atoms with Gasteiger partial charge in [0.2, 0.25) is 0 Å². The molecule has 1 saturated carbocycles. The molecule has 1 aliphatic rings. The Labute approximate surface area is 103 Å². The van der Waals surface area contributed by atoms with E-state index in [2.05, 4.69) is 0 Å². The molecule has 1 aliphatic carbocycles. The summed E-state index contributed by atoms with van der Waals surface area (Å²) < 4.78 is 13.1. The zero-order valence-electron chi connectivity index (χ0n) is 10.4. The molecule has 0 amide bonds. The molecule has 94 valence electrons. The molecule has 1 unspecified atom stereocenters. The second kappa shape index (κ2) is 6.15. The van der Waals surface area contributed by atoms with Crippen molar-refractivity contribution in [1.82, 2.24) is 0 Å². The fourth-order valence-electron chi connectivity index (χ4n) is 2.83. The van der Waals surface area contributed by atoms with E-state index in [0.29, 0.717) is 0 Å². The van der Waals surface area contributed by atoms with Crippen LogP contribution < -0.4 is 5.73 Å². The summed E-state index contributed by atoms with van der Waals surface area (Å²) in [5.74, 6) is 0.551. The maximum absolute atomic E-state index is 13.1. The summed E-state index contributed by atoms with van der Waals surface area (Å²) >= 11 is 0. The molecule has 2 heteroatoms. The van der Waals surface area contributed by atoms with Crippen LogP contribution in [-0.4, -0.2) is 0 Å². The minimum absolute atomic E-state index is 0.00574. The first-order valence-electron chi connectivity index (χ1n) is 6.77. The molecule has 0 bridgehead atoms. The van der Waals surface area contributed by atoms with E-state index < -0.39 is 0 Å². The molecule has 1 atom stereocenters. The van der Waals surface area contributed by atoms with Gasteiger partial charge in [0, 0.05) is 6.04 Å². The average molecular weight is 235 g/mol. The monoisotopic (exact) mass is 235 g/mol. The van der Waals surface area contributed by atoms with E-state index >= 15 is 0 Å². The normalized spacial score (nSPS) is 19.9. The van der Waals surface area contributed by atoms with Gasteiger partial charge in [0.25, 0.3) is 0 Å². The number of nitrogens with two attached hydrogens (primary N) is 1. The number of benzene rings is 1. The number of hydrogen-bond acceptors (Lipinski definition) is 1. The van der Waals surface area contributed by atoms with Gasteiger partial charge in [-0.2, -0.15) is 0 Å². The molecule has 0 aromatic heterocycles. The van der Waals surface area contributed by atoms with Gasteiger partial charge in [0.05, 0.1) is 0 Å². The number of rotatable bonds is 3. The topological polar surface area (TPSA) is 26.0 Å². The van der Waals surface area contributed by atoms with E-state index in [1.807, 2.05) is 6.07 Å². The van der Waals surface area contributed by atoms with Gasteiger partial charge in [-0.1, -0.05) is 50.7 Å². The summed E-state index contributed by atoms with van der Waals surface area (Å²) in [6, 6.07) is 6.72. The summed E-state index contributed by atoms with van der Waals surface area (Å²) in [5, 5.41) is 0. The quantitative estimate of drug-likeness (QED) is 0.781. The SMILES string of the molecule is NC(CC1CCCCCC1)c1cccc(F)c1. The van der Waals surface area contributed by atoms with Gasteiger partial charge in [-0.05, 0) is 30.0 Å². The van der Waals surface area contributed by atoms with Gasteiger partial charge in [0.15, 0.2) is 0 Å². The molecular weight excluding hydrogens is 213 g/mol. The van der Waals surface area contributed by atoms with Crippen molar-refractivity contribution in [1.29, 1.82) is 0 Å². The van der Waals surface area contributed by atoms with Crippen molar-refractivity contribution in [3.05, 3.63) is 35.6 Å². The summed E-state index contributed by atoms with van der Waals surface area (Å²) in [4.78, 5) is 0. The lowest BCUT2D eigenvalue weighted by atomic mass is 9.90. The molecule has 0 saturated heterocycles. The highest BCUT2D eigenvalue weighted by Crippen LogP contribution is 2.30. The molecule has 17 heavy (non-hydrogen) atoms. The highest BCUT2D eigenvalue weighted by molar-refractivity contribution is 5.19. The van der Waals surface area contributed by atoms with Crippen molar-refractivity contribution in [2.75, 3.05) is 0 Å². The Bertz CT molecular complexity index is 343. The van der Waals surface area contributed by atoms with Crippen LogP contribution in [-0.2, 0) is 0 Å². The van der Waals surface area contributed by atoms with E-state index in [1.165, 1.54) is 44.6 Å². The van der Waals surface area contributed by atoms with Crippen LogP contribution in [0.25, 0.3) is 0 Å². The Morgan fingerprint density at radius 2 is 1.88 bits per heavy atom. The Morgan fingerprint density at radius 1 is 1.18 bits per heavy atom. The summed E-state index contributed by atoms with van der Waals surface area (Å²) in [5.41, 5.74) is 7.12. The zero-order valence-corrected chi connectivity index (χ0v) is 10.4. The van der Waals surface area contributed by atoms with Crippen LogP contribution in [0.4, 0.5) is 4.39 Å². The molecule has 1 fully saturated rings. The van der Waals surface area contributed by atoms with Crippen LogP contribution in [0.1, 0.15) is 56.6 Å². The highest BCUT2D eigenvalue weighted by atomic mass is 19.1. The first kappa shape index (κ1) is 12.6. The predicted octanol–water partition coefficient (Wildman–Crippen LogP) is 4.19. The first-order valence-corrected chi connectivity index (χ1v) is 6.77. The lowest BCUT2D eigenvalue weighted by Crippen LogP contribution is -2.15. The average Bonchev–Trinajstić information content (AvgIpc) is 2.57. The Morgan fingerprint density at radius 3 is 2.53 bits per heavy atom. The van der Waals surface area contributed by atoms with Gasteiger partial charge in [-0.15, -0.1) is 0 Å². The predicted molar refractivity (Wildman–Crippen MR) is 69.1 cm³/mol. The third kappa shape index (κ3) is 3.81. The molecule has 2 rings (SSSR count). The molecule has 0 radical (unpaired) electrons. The maximum atomic E-state index is 13.1. The molecule has 0 spiro atoms. The Kier molecular flexibility index (Phi) is 4.55. The van der Waals surface area contributed by atoms with Crippen LogP contribution in [0.5, 0.6) is 0 Å². The molecule has 2 N–H and O–H groups in total. The third-order valence-corrected chi connectivity index (χ3v) is 3.84. The van der Waals surface area contributed by atoms with Crippen molar-refractivity contribution >= 4 is 0 Å². The van der Waals surface area contributed by atoms with E-state index in [4.69, 9.17) is 5.73 Å². The van der Waals surface area contributed by atoms with E-state index in [1.54, 1.807) is 12.1 Å². The highest BCUT2D eigenvalue weighted by Gasteiger charge is 2.17. The van der Waals surface area contributed by atoms with Crippen molar-refractivity contribution < 1.29 is 4.39 Å². The van der Waals surface area contributed by atoms with E-state index in [-0.39, 0.29) is 11.9 Å². The fraction of sp³-hybridized carbons (Fsp3) is 0.600. The summed E-state index contributed by atoms with van der Waals surface area (Å²) in [6.07, 6.45) is 8.99. The summed E-state index contributed by atoms with van der Waals surface area (Å²) in [6.45, 7) is 0. The van der Waals surface area contributed by atoms with Crippen LogP contribution in [0.2, 0.25) is 0 Å². The molecular formula is C15H22FN. The van der Waals surface area contributed by atoms with Crippen LogP contribution in [0, 0.1) is 11.7 Å². The van der Waals surface area contributed by atoms with Gasteiger partial charge in [0.1, 0.15) is 5.82 Å². The second-order valence-corrected chi connectivity index (χ2v) is 5.25. The largest absolute Gasteiger partial charge is 0.324 e. The maximum Gasteiger partial charge on any atom is 0.123 e. The van der Waals surface area contributed by atoms with Gasteiger partial charge >= 0.3 is 0 Å². The summed E-state index contributed by atoms with van der Waals surface area (Å²) in [7, 11) is 0. The van der Waals surface area contributed by atoms with Crippen LogP contribution >= 0.6 is 0 Å². The standard InChI is InChI=1S/C15H22FN/c16-14-9-5-8-13(11-14)15(17)10-12-6-3-1-2-4-7-12/h5,8-9,11-12,15H,1-4,6-7,10,17H2. The molecule has 0 heterocycles. The van der Waals surface area contributed by atoms with Crippen LogP contribution in [0.15, 0.2) is 24.3 Å². The molecule has 0 aliphatic heterocycles. The molecule has 1 aromatic carbocycles. The van der Waals surface area contributed by atoms with Gasteiger partial charge < -0.3 is 5.73 Å². The van der Waals surface area contributed by atoms with E-state index in [0.717, 1.165) is 17.9 Å². The molecule has 1 aromatic rings. The molecule has 1 nitrogen and oxygen atoms in total. The van der Waals surface area contributed by atoms with Crippen molar-refractivity contribution in [2.24, 2.45) is 11.7 Å². The van der Waals surface area contributed by atoms with E-state index in [9.17, 15) is 4.39 Å². The van der Waals surface area contributed by atoms with Crippen LogP contribution in [0.3, 0.4) is 0 Å². The fourth-order valence-corrected chi connectivity index (χ4v) is 2.83. The number of halogens is 1.